The maximum Gasteiger partial charge on any atom is 0.416 e. The van der Waals surface area contributed by atoms with Crippen LogP contribution in [0.1, 0.15) is 30.3 Å². The number of aryl methyl sites for hydroxylation is 1. The van der Waals surface area contributed by atoms with Crippen LogP contribution >= 0.6 is 0 Å². The van der Waals surface area contributed by atoms with Crippen molar-refractivity contribution in [3.63, 3.8) is 0 Å². The third-order valence-electron chi connectivity index (χ3n) is 3.63. The monoisotopic (exact) mass is 420 g/mol. The minimum Gasteiger partial charge on any atom is -0.290 e. The molecule has 1 aromatic carbocycles. The van der Waals surface area contributed by atoms with Crippen LogP contribution in [-0.4, -0.2) is 37.9 Å². The van der Waals surface area contributed by atoms with Gasteiger partial charge in [-0.1, -0.05) is 18.1 Å². The summed E-state index contributed by atoms with van der Waals surface area (Å²) in [6, 6.07) is 4.25. The summed E-state index contributed by atoms with van der Waals surface area (Å²) in [6.45, 7) is 1.90. The number of rotatable bonds is 8. The van der Waals surface area contributed by atoms with Gasteiger partial charge in [-0.3, -0.25) is 10.7 Å². The van der Waals surface area contributed by atoms with Gasteiger partial charge in [-0.05, 0) is 36.2 Å². The van der Waals surface area contributed by atoms with E-state index in [9.17, 15) is 22.6 Å². The smallest absolute Gasteiger partial charge is 0.290 e. The number of halogens is 3. The van der Waals surface area contributed by atoms with Crippen LogP contribution in [0.25, 0.3) is 0 Å². The van der Waals surface area contributed by atoms with Crippen LogP contribution in [0.5, 0.6) is 0 Å². The van der Waals surface area contributed by atoms with Gasteiger partial charge in [-0.25, -0.2) is 23.3 Å². The number of amidine groups is 1. The largest absolute Gasteiger partial charge is 0.416 e. The number of alkyl halides is 3. The number of hydrogen-bond donors (Lipinski definition) is 4. The van der Waals surface area contributed by atoms with E-state index in [1.807, 2.05) is 0 Å². The number of aromatic nitrogens is 2. The van der Waals surface area contributed by atoms with E-state index < -0.39 is 21.7 Å². The van der Waals surface area contributed by atoms with E-state index in [4.69, 9.17) is 4.78 Å². The van der Waals surface area contributed by atoms with Crippen LogP contribution in [0.3, 0.4) is 0 Å². The molecule has 0 aliphatic carbocycles. The van der Waals surface area contributed by atoms with Gasteiger partial charge in [0.25, 0.3) is 0 Å². The lowest BCUT2D eigenvalue weighted by atomic mass is 10.2. The first-order valence-corrected chi connectivity index (χ1v) is 9.88. The SMILES string of the molecule is CCS(=N)(=O)NCCCc1nonc1C(=Nc1cccc(C(F)(F)F)c1)NO. The maximum absolute atomic E-state index is 12.8. The molecule has 1 unspecified atom stereocenters. The second-order valence-corrected chi connectivity index (χ2v) is 7.86. The van der Waals surface area contributed by atoms with E-state index in [2.05, 4.69) is 24.7 Å². The molecule has 9 nitrogen and oxygen atoms in total. The van der Waals surface area contributed by atoms with Gasteiger partial charge >= 0.3 is 6.18 Å². The maximum atomic E-state index is 12.8. The molecule has 0 aliphatic heterocycles. The number of nitrogens with one attached hydrogen (secondary N) is 3. The van der Waals surface area contributed by atoms with E-state index >= 15 is 0 Å². The molecule has 154 valence electrons. The quantitative estimate of drug-likeness (QED) is 0.224. The number of hydrogen-bond acceptors (Lipinski definition) is 7. The Labute approximate surface area is 159 Å². The number of benzene rings is 1. The van der Waals surface area contributed by atoms with Crippen LogP contribution in [0.2, 0.25) is 0 Å². The highest BCUT2D eigenvalue weighted by atomic mass is 32.2. The molecule has 0 saturated carbocycles. The first kappa shape index (κ1) is 21.8. The summed E-state index contributed by atoms with van der Waals surface area (Å²) in [5, 5.41) is 16.7. The first-order valence-electron chi connectivity index (χ1n) is 8.15. The molecule has 0 radical (unpaired) electrons. The molecule has 0 bridgehead atoms. The van der Waals surface area contributed by atoms with E-state index in [1.165, 1.54) is 12.1 Å². The van der Waals surface area contributed by atoms with Gasteiger partial charge in [-0.15, -0.1) is 0 Å². The average molecular weight is 420 g/mol. The van der Waals surface area contributed by atoms with Crippen molar-refractivity contribution >= 4 is 21.4 Å². The van der Waals surface area contributed by atoms with Gasteiger partial charge in [0, 0.05) is 12.3 Å². The van der Waals surface area contributed by atoms with E-state index in [1.54, 1.807) is 12.4 Å². The highest BCUT2D eigenvalue weighted by Gasteiger charge is 2.30. The fourth-order valence-electron chi connectivity index (χ4n) is 2.16. The number of aliphatic imine (C=N–C) groups is 1. The first-order chi connectivity index (χ1) is 13.2. The van der Waals surface area contributed by atoms with Gasteiger partial charge in [0.1, 0.15) is 15.6 Å². The molecule has 0 spiro atoms. The Morgan fingerprint density at radius 2 is 2.14 bits per heavy atom. The second kappa shape index (κ2) is 9.12. The van der Waals surface area contributed by atoms with Crippen LogP contribution in [0, 0.1) is 4.78 Å². The molecule has 1 aromatic heterocycles. The minimum absolute atomic E-state index is 0.0296. The predicted octanol–water partition coefficient (Wildman–Crippen LogP) is 2.65. The second-order valence-electron chi connectivity index (χ2n) is 5.64. The number of nitrogens with zero attached hydrogens (tertiary/aromatic N) is 3. The van der Waals surface area contributed by atoms with Gasteiger partial charge in [0.2, 0.25) is 0 Å². The Bertz CT molecular complexity index is 927. The molecule has 2 rings (SSSR count). The van der Waals surface area contributed by atoms with Crippen molar-refractivity contribution in [3.8, 4) is 0 Å². The Morgan fingerprint density at radius 3 is 2.79 bits per heavy atom. The molecule has 0 amide bonds. The topological polar surface area (TPSA) is 136 Å². The Hall–Kier alpha value is -2.51. The van der Waals surface area contributed by atoms with Crippen LogP contribution in [0.4, 0.5) is 18.9 Å². The Balaban J connectivity index is 2.15. The summed E-state index contributed by atoms with van der Waals surface area (Å²) in [4.78, 5) is 3.94. The Morgan fingerprint density at radius 1 is 1.39 bits per heavy atom. The standard InChI is InChI=1S/C15H19F3N6O3S/c1-2-28(19,26)20-8-4-7-12-13(24-27-23-12)14(22-25)21-11-6-3-5-10(9-11)15(16,17)18/h3,5-6,9,25H,2,4,7-8H2,1H3,(H,21,22)(H2,19,20,26). The molecule has 4 N–H and O–H groups in total. The lowest BCUT2D eigenvalue weighted by Gasteiger charge is -2.08. The normalized spacial score (nSPS) is 14.7. The summed E-state index contributed by atoms with van der Waals surface area (Å²) in [5.41, 5.74) is 1.17. The third kappa shape index (κ3) is 6.00. The minimum atomic E-state index is -4.53. The van der Waals surface area contributed by atoms with Crippen molar-refractivity contribution in [3.05, 3.63) is 41.2 Å². The number of hydroxylamine groups is 1. The predicted molar refractivity (Wildman–Crippen MR) is 94.6 cm³/mol. The highest BCUT2D eigenvalue weighted by Crippen LogP contribution is 2.31. The summed E-state index contributed by atoms with van der Waals surface area (Å²) < 4.78 is 64.8. The van der Waals surface area contributed by atoms with Crippen molar-refractivity contribution in [1.82, 2.24) is 20.5 Å². The van der Waals surface area contributed by atoms with E-state index in [0.29, 0.717) is 12.1 Å². The molecule has 28 heavy (non-hydrogen) atoms. The fourth-order valence-corrected chi connectivity index (χ4v) is 2.84. The van der Waals surface area contributed by atoms with Gasteiger partial charge in [-0.2, -0.15) is 13.2 Å². The van der Waals surface area contributed by atoms with Crippen LogP contribution < -0.4 is 10.2 Å². The zero-order chi connectivity index (χ0) is 20.8. The molecule has 1 heterocycles. The zero-order valence-electron chi connectivity index (χ0n) is 14.8. The van der Waals surface area contributed by atoms with E-state index in [0.717, 1.165) is 12.1 Å². The van der Waals surface area contributed by atoms with Gasteiger partial charge in [0.15, 0.2) is 11.5 Å². The Kier molecular flexibility index (Phi) is 7.10. The van der Waals surface area contributed by atoms with Gasteiger partial charge in [0.05, 0.1) is 11.3 Å². The van der Waals surface area contributed by atoms with Crippen LogP contribution in [0.15, 0.2) is 33.9 Å². The summed E-state index contributed by atoms with van der Waals surface area (Å²) in [5.74, 6) is -0.0622. The zero-order valence-corrected chi connectivity index (χ0v) is 15.6. The van der Waals surface area contributed by atoms with Crippen molar-refractivity contribution < 1.29 is 27.2 Å². The summed E-state index contributed by atoms with van der Waals surface area (Å²) in [6.07, 6.45) is -3.81. The molecule has 2 aromatic rings. The summed E-state index contributed by atoms with van der Waals surface area (Å²) >= 11 is 0. The van der Waals surface area contributed by atoms with Gasteiger partial charge < -0.3 is 0 Å². The summed E-state index contributed by atoms with van der Waals surface area (Å²) in [7, 11) is -2.83. The molecule has 0 fully saturated rings. The average Bonchev–Trinajstić information content (AvgIpc) is 3.11. The molecule has 13 heteroatoms. The fraction of sp³-hybridized carbons (Fsp3) is 0.400. The van der Waals surface area contributed by atoms with Crippen molar-refractivity contribution in [2.75, 3.05) is 12.3 Å². The van der Waals surface area contributed by atoms with Crippen molar-refractivity contribution in [1.29, 1.82) is 4.78 Å². The lowest BCUT2D eigenvalue weighted by molar-refractivity contribution is -0.137. The molecule has 1 atom stereocenters. The van der Waals surface area contributed by atoms with E-state index in [-0.39, 0.29) is 35.9 Å². The highest BCUT2D eigenvalue weighted by molar-refractivity contribution is 7.90. The molecule has 0 aliphatic rings. The van der Waals surface area contributed by atoms with Crippen molar-refractivity contribution in [2.24, 2.45) is 4.99 Å². The molecular weight excluding hydrogens is 401 g/mol. The lowest BCUT2D eigenvalue weighted by Crippen LogP contribution is -2.26. The van der Waals surface area contributed by atoms with Crippen molar-refractivity contribution in [2.45, 2.75) is 25.9 Å². The molecule has 0 saturated heterocycles. The molecular formula is C15H19F3N6O3S. The van der Waals surface area contributed by atoms with Crippen LogP contribution in [-0.2, 0) is 22.5 Å². The third-order valence-corrected chi connectivity index (χ3v) is 5.12.